The van der Waals surface area contributed by atoms with Crippen molar-refractivity contribution in [3.63, 3.8) is 0 Å². The minimum absolute atomic E-state index is 0.0114. The summed E-state index contributed by atoms with van der Waals surface area (Å²) in [5, 5.41) is 11.5. The maximum Gasteiger partial charge on any atom is 0.241 e. The number of phenols is 1. The molecule has 8 rings (SSSR count). The predicted molar refractivity (Wildman–Crippen MR) is 195 cm³/mol. The maximum atomic E-state index is 14.7. The largest absolute Gasteiger partial charge is 0.507 e. The van der Waals surface area contributed by atoms with Crippen LogP contribution in [0.3, 0.4) is 0 Å². The van der Waals surface area contributed by atoms with Crippen LogP contribution in [0, 0.1) is 34.9 Å². The number of aromatic hydroxyl groups is 1. The number of amides is 4. The van der Waals surface area contributed by atoms with Gasteiger partial charge in [-0.1, -0.05) is 77.9 Å². The number of para-hydroxylation sites is 1. The van der Waals surface area contributed by atoms with Gasteiger partial charge in [0, 0.05) is 37.2 Å². The van der Waals surface area contributed by atoms with Crippen molar-refractivity contribution in [3.05, 3.63) is 119 Å². The summed E-state index contributed by atoms with van der Waals surface area (Å²) in [5.41, 5.74) is 1.94. The molecular formula is C42H41ClFN3O5. The average Bonchev–Trinajstić information content (AvgIpc) is 3.51. The molecule has 0 spiro atoms. The van der Waals surface area contributed by atoms with Crippen LogP contribution in [0.15, 0.2) is 91.0 Å². The van der Waals surface area contributed by atoms with Gasteiger partial charge in [-0.3, -0.25) is 29.0 Å². The van der Waals surface area contributed by atoms with Gasteiger partial charge in [-0.2, -0.15) is 0 Å². The highest BCUT2D eigenvalue weighted by Crippen LogP contribution is 2.64. The second-order valence-electron chi connectivity index (χ2n) is 15.1. The fourth-order valence-electron chi connectivity index (χ4n) is 9.96. The number of rotatable bonds is 7. The molecule has 4 fully saturated rings. The summed E-state index contributed by atoms with van der Waals surface area (Å²) >= 11 is 6.13. The molecule has 10 heteroatoms. The fraction of sp³-hybridized carbons (Fsp3) is 0.381. The lowest BCUT2D eigenvalue weighted by Gasteiger charge is -2.49. The van der Waals surface area contributed by atoms with E-state index in [0.29, 0.717) is 36.8 Å². The van der Waals surface area contributed by atoms with Crippen molar-refractivity contribution in [2.24, 2.45) is 29.1 Å². The number of carbonyl (C=O) groups is 4. The third kappa shape index (κ3) is 5.26. The Morgan fingerprint density at radius 1 is 0.962 bits per heavy atom. The maximum absolute atomic E-state index is 14.7. The van der Waals surface area contributed by atoms with E-state index in [1.807, 2.05) is 30.3 Å². The van der Waals surface area contributed by atoms with Gasteiger partial charge >= 0.3 is 0 Å². The number of imide groups is 2. The molecule has 0 radical (unpaired) electrons. The van der Waals surface area contributed by atoms with Crippen LogP contribution in [-0.2, 0) is 32.1 Å². The number of halogens is 2. The lowest BCUT2D eigenvalue weighted by Crippen LogP contribution is -2.49. The molecule has 3 aromatic carbocycles. The summed E-state index contributed by atoms with van der Waals surface area (Å²) in [6.07, 6.45) is 5.95. The summed E-state index contributed by atoms with van der Waals surface area (Å²) in [7, 11) is 0. The number of hydrogen-bond acceptors (Lipinski definition) is 6. The number of allylic oxidation sites excluding steroid dienone is 3. The van der Waals surface area contributed by atoms with Gasteiger partial charge in [-0.15, -0.1) is 6.58 Å². The van der Waals surface area contributed by atoms with Crippen LogP contribution in [0.25, 0.3) is 0 Å². The lowest BCUT2D eigenvalue weighted by molar-refractivity contribution is -0.144. The Kier molecular flexibility index (Phi) is 8.70. The van der Waals surface area contributed by atoms with Crippen molar-refractivity contribution in [1.82, 2.24) is 9.80 Å². The van der Waals surface area contributed by atoms with Crippen molar-refractivity contribution in [1.29, 1.82) is 0 Å². The van der Waals surface area contributed by atoms with Gasteiger partial charge in [0.05, 0.1) is 33.9 Å². The number of anilines is 1. The van der Waals surface area contributed by atoms with E-state index >= 15 is 0 Å². The van der Waals surface area contributed by atoms with Crippen LogP contribution in [-0.4, -0.2) is 57.7 Å². The van der Waals surface area contributed by atoms with Gasteiger partial charge in [-0.25, -0.2) is 9.29 Å². The van der Waals surface area contributed by atoms with E-state index in [0.717, 1.165) is 36.2 Å². The SMILES string of the molecule is C=CCc1cccc(C2C3=CCC4C(=O)N(C5CCN(Cc6ccccc6)CC5)C(=O)C4C3CC3C(=O)N(c4ccc(F)c(Cl)c4)C(=O)C32C)c1O. The number of fused-ring (bicyclic) bond motifs is 4. The Labute approximate surface area is 307 Å². The van der Waals surface area contributed by atoms with E-state index in [-0.39, 0.29) is 40.7 Å². The zero-order valence-corrected chi connectivity index (χ0v) is 29.8. The van der Waals surface area contributed by atoms with Crippen LogP contribution in [0.5, 0.6) is 5.75 Å². The second-order valence-corrected chi connectivity index (χ2v) is 15.6. The molecule has 0 aromatic heterocycles. The highest BCUT2D eigenvalue weighted by atomic mass is 35.5. The van der Waals surface area contributed by atoms with Gasteiger partial charge in [0.15, 0.2) is 0 Å². The Hall–Kier alpha value is -4.60. The molecule has 3 aliphatic heterocycles. The zero-order valence-electron chi connectivity index (χ0n) is 29.0. The van der Waals surface area contributed by atoms with Crippen molar-refractivity contribution < 1.29 is 28.7 Å². The monoisotopic (exact) mass is 721 g/mol. The predicted octanol–water partition coefficient (Wildman–Crippen LogP) is 6.81. The van der Waals surface area contributed by atoms with E-state index in [4.69, 9.17) is 11.6 Å². The highest BCUT2D eigenvalue weighted by Gasteiger charge is 2.68. The molecule has 52 heavy (non-hydrogen) atoms. The van der Waals surface area contributed by atoms with Crippen LogP contribution in [0.1, 0.15) is 55.2 Å². The standard InChI is InChI=1S/C42H41ClFN3O5/c1-3-8-25-11-7-12-30(37(25)48)36-28-14-15-29-35(40(51)46(38(29)49)26-17-19-45(20-18-26)23-24-9-5-4-6-10-24)31(28)22-32-39(50)47(41(52)42(32,36)2)27-13-16-34(44)33(43)21-27/h3-7,9-14,16,21,26,29,31-32,35-36,48H,1,8,15,17-20,22-23H2,2H3. The average molecular weight is 722 g/mol. The lowest BCUT2D eigenvalue weighted by atomic mass is 9.51. The van der Waals surface area contributed by atoms with Crippen LogP contribution < -0.4 is 4.90 Å². The van der Waals surface area contributed by atoms with Crippen LogP contribution in [0.2, 0.25) is 5.02 Å². The number of carbonyl (C=O) groups excluding carboxylic acids is 4. The van der Waals surface area contributed by atoms with Gasteiger partial charge in [-0.05, 0) is 74.3 Å². The van der Waals surface area contributed by atoms with Crippen molar-refractivity contribution in [2.75, 3.05) is 18.0 Å². The molecule has 4 amide bonds. The normalized spacial score (nSPS) is 29.2. The van der Waals surface area contributed by atoms with E-state index in [1.165, 1.54) is 22.6 Å². The summed E-state index contributed by atoms with van der Waals surface area (Å²) in [4.78, 5) is 62.9. The molecule has 2 aliphatic carbocycles. The number of likely N-dealkylation sites (tertiary alicyclic amines) is 2. The number of piperidine rings is 1. The first-order valence-corrected chi connectivity index (χ1v) is 18.5. The molecule has 0 bridgehead atoms. The molecule has 1 saturated carbocycles. The molecule has 268 valence electrons. The topological polar surface area (TPSA) is 98.2 Å². The summed E-state index contributed by atoms with van der Waals surface area (Å²) < 4.78 is 14.2. The van der Waals surface area contributed by atoms with Gasteiger partial charge < -0.3 is 5.11 Å². The second kappa shape index (κ2) is 13.1. The fourth-order valence-corrected chi connectivity index (χ4v) is 10.1. The molecule has 6 atom stereocenters. The molecule has 3 aromatic rings. The van der Waals surface area contributed by atoms with Gasteiger partial charge in [0.1, 0.15) is 11.6 Å². The molecule has 3 saturated heterocycles. The Morgan fingerprint density at radius 3 is 2.42 bits per heavy atom. The Bertz CT molecular complexity index is 2030. The smallest absolute Gasteiger partial charge is 0.241 e. The minimum atomic E-state index is -1.35. The minimum Gasteiger partial charge on any atom is -0.507 e. The van der Waals surface area contributed by atoms with Crippen molar-refractivity contribution >= 4 is 40.9 Å². The Morgan fingerprint density at radius 2 is 1.71 bits per heavy atom. The molecule has 5 aliphatic rings. The quantitative estimate of drug-likeness (QED) is 0.213. The number of phenolic OH excluding ortho intramolecular Hbond substituents is 1. The van der Waals surface area contributed by atoms with Crippen LogP contribution >= 0.6 is 11.6 Å². The zero-order chi connectivity index (χ0) is 36.5. The molecule has 6 unspecified atom stereocenters. The van der Waals surface area contributed by atoms with E-state index < -0.39 is 52.6 Å². The molecule has 8 nitrogen and oxygen atoms in total. The number of hydrogen-bond donors (Lipinski definition) is 1. The molecule has 3 heterocycles. The third-order valence-corrected chi connectivity index (χ3v) is 12.8. The van der Waals surface area contributed by atoms with Crippen molar-refractivity contribution in [3.8, 4) is 5.75 Å². The van der Waals surface area contributed by atoms with Gasteiger partial charge in [0.2, 0.25) is 23.6 Å². The Balaban J connectivity index is 1.15. The van der Waals surface area contributed by atoms with E-state index in [1.54, 1.807) is 25.1 Å². The van der Waals surface area contributed by atoms with Crippen molar-refractivity contribution in [2.45, 2.75) is 57.5 Å². The highest BCUT2D eigenvalue weighted by molar-refractivity contribution is 6.31. The first-order chi connectivity index (χ1) is 25.0. The number of nitrogens with zero attached hydrogens (tertiary/aromatic N) is 3. The summed E-state index contributed by atoms with van der Waals surface area (Å²) in [6, 6.07) is 19.2. The van der Waals surface area contributed by atoms with E-state index in [9.17, 15) is 28.7 Å². The summed E-state index contributed by atoms with van der Waals surface area (Å²) in [6.45, 7) is 7.93. The third-order valence-electron chi connectivity index (χ3n) is 12.5. The first-order valence-electron chi connectivity index (χ1n) is 18.1. The van der Waals surface area contributed by atoms with E-state index in [2.05, 4.69) is 23.6 Å². The summed E-state index contributed by atoms with van der Waals surface area (Å²) in [5.74, 6) is -5.38. The van der Waals surface area contributed by atoms with Crippen LogP contribution in [0.4, 0.5) is 10.1 Å². The number of benzene rings is 3. The first kappa shape index (κ1) is 34.5. The molecular weight excluding hydrogens is 681 g/mol. The van der Waals surface area contributed by atoms with Gasteiger partial charge in [0.25, 0.3) is 0 Å². The molecule has 1 N–H and O–H groups in total.